The number of benzene rings is 2. The number of carbonyl (C=O) groups is 1. The number of nitrogens with one attached hydrogen (secondary N) is 1. The van der Waals surface area contributed by atoms with Crippen molar-refractivity contribution < 1.29 is 23.7 Å². The van der Waals surface area contributed by atoms with Crippen molar-refractivity contribution in [2.75, 3.05) is 24.7 Å². The molecule has 2 aromatic carbocycles. The minimum absolute atomic E-state index is 0.0873. The van der Waals surface area contributed by atoms with Gasteiger partial charge in [-0.2, -0.15) is 0 Å². The molecule has 2 heterocycles. The van der Waals surface area contributed by atoms with Crippen LogP contribution in [-0.4, -0.2) is 25.2 Å². The van der Waals surface area contributed by atoms with Crippen molar-refractivity contribution in [1.29, 1.82) is 0 Å². The van der Waals surface area contributed by atoms with Gasteiger partial charge in [0.2, 0.25) is 19.5 Å². The molecule has 8 heteroatoms. The first-order valence-corrected chi connectivity index (χ1v) is 9.07. The fourth-order valence-corrected chi connectivity index (χ4v) is 3.59. The van der Waals surface area contributed by atoms with Gasteiger partial charge in [-0.3, -0.25) is 4.79 Å². The number of rotatable bonds is 5. The van der Waals surface area contributed by atoms with Crippen molar-refractivity contribution in [3.8, 4) is 23.0 Å². The van der Waals surface area contributed by atoms with E-state index in [2.05, 4.69) is 5.32 Å². The fourth-order valence-electron chi connectivity index (χ4n) is 2.54. The largest absolute Gasteiger partial charge is 0.454 e. The summed E-state index contributed by atoms with van der Waals surface area (Å²) < 4.78 is 21.2. The minimum Gasteiger partial charge on any atom is -0.454 e. The smallest absolute Gasteiger partial charge is 0.234 e. The lowest BCUT2D eigenvalue weighted by Crippen LogP contribution is -2.14. The number of thioether (sulfide) groups is 1. The Balaban J connectivity index is 1.30. The van der Waals surface area contributed by atoms with E-state index in [-0.39, 0.29) is 19.5 Å². The van der Waals surface area contributed by atoms with Crippen molar-refractivity contribution >= 4 is 35.0 Å². The molecule has 6 nitrogen and oxygen atoms in total. The van der Waals surface area contributed by atoms with Crippen LogP contribution >= 0.6 is 23.4 Å². The number of amides is 1. The van der Waals surface area contributed by atoms with E-state index in [9.17, 15) is 4.79 Å². The van der Waals surface area contributed by atoms with Gasteiger partial charge in [0.1, 0.15) is 0 Å². The number of halogens is 1. The van der Waals surface area contributed by atoms with Crippen molar-refractivity contribution in [2.24, 2.45) is 0 Å². The van der Waals surface area contributed by atoms with Crippen LogP contribution in [0, 0.1) is 0 Å². The van der Waals surface area contributed by atoms with Crippen LogP contribution in [0.25, 0.3) is 0 Å². The van der Waals surface area contributed by atoms with E-state index in [1.54, 1.807) is 18.2 Å². The molecule has 1 N–H and O–H groups in total. The summed E-state index contributed by atoms with van der Waals surface area (Å²) in [6.45, 7) is 0.393. The molecular formula is C17H14ClNO5S. The first kappa shape index (κ1) is 16.2. The molecule has 0 unspecified atom stereocenters. The van der Waals surface area contributed by atoms with Gasteiger partial charge in [0.25, 0.3) is 0 Å². The van der Waals surface area contributed by atoms with E-state index in [4.69, 9.17) is 30.5 Å². The molecule has 0 saturated carbocycles. The lowest BCUT2D eigenvalue weighted by Gasteiger charge is -2.07. The van der Waals surface area contributed by atoms with Gasteiger partial charge in [-0.25, -0.2) is 0 Å². The Morgan fingerprint density at radius 1 is 1.04 bits per heavy atom. The number of ether oxygens (including phenoxy) is 4. The van der Waals surface area contributed by atoms with Gasteiger partial charge in [-0.05, 0) is 29.8 Å². The third-order valence-corrected chi connectivity index (χ3v) is 4.93. The fraction of sp³-hybridized carbons (Fsp3) is 0.235. The van der Waals surface area contributed by atoms with Gasteiger partial charge < -0.3 is 24.3 Å². The second-order valence-corrected chi connectivity index (χ2v) is 6.81. The van der Waals surface area contributed by atoms with Crippen molar-refractivity contribution in [3.05, 3.63) is 40.9 Å². The summed E-state index contributed by atoms with van der Waals surface area (Å²) in [4.78, 5) is 12.1. The first-order chi connectivity index (χ1) is 12.2. The third kappa shape index (κ3) is 3.57. The number of fused-ring (bicyclic) bond motifs is 2. The highest BCUT2D eigenvalue weighted by molar-refractivity contribution is 7.99. The highest BCUT2D eigenvalue weighted by Crippen LogP contribution is 2.40. The molecule has 130 valence electrons. The molecule has 0 bridgehead atoms. The Kier molecular flexibility index (Phi) is 4.50. The summed E-state index contributed by atoms with van der Waals surface area (Å²) in [7, 11) is 0. The second kappa shape index (κ2) is 6.93. The normalized spacial score (nSPS) is 13.8. The van der Waals surface area contributed by atoms with E-state index in [1.807, 2.05) is 12.1 Å². The average Bonchev–Trinajstić information content (AvgIpc) is 3.23. The summed E-state index contributed by atoms with van der Waals surface area (Å²) in [6.07, 6.45) is 0. The summed E-state index contributed by atoms with van der Waals surface area (Å²) in [5.41, 5.74) is 1.66. The average molecular weight is 380 g/mol. The lowest BCUT2D eigenvalue weighted by molar-refractivity contribution is -0.113. The third-order valence-electron chi connectivity index (χ3n) is 3.65. The Hall–Kier alpha value is -2.25. The molecule has 2 aliphatic heterocycles. The van der Waals surface area contributed by atoms with Crippen LogP contribution in [0.1, 0.15) is 5.56 Å². The topological polar surface area (TPSA) is 66.0 Å². The quantitative estimate of drug-likeness (QED) is 0.855. The molecule has 2 aliphatic rings. The Morgan fingerprint density at radius 2 is 1.84 bits per heavy atom. The molecule has 0 fully saturated rings. The monoisotopic (exact) mass is 379 g/mol. The van der Waals surface area contributed by atoms with Gasteiger partial charge in [0, 0.05) is 17.5 Å². The van der Waals surface area contributed by atoms with Crippen LogP contribution in [0.4, 0.5) is 5.69 Å². The number of hydrogen-bond acceptors (Lipinski definition) is 6. The van der Waals surface area contributed by atoms with Crippen LogP contribution in [0.2, 0.25) is 5.02 Å². The molecule has 0 radical (unpaired) electrons. The van der Waals surface area contributed by atoms with Crippen molar-refractivity contribution in [3.63, 3.8) is 0 Å². The summed E-state index contributed by atoms with van der Waals surface area (Å²) >= 11 is 7.64. The van der Waals surface area contributed by atoms with Gasteiger partial charge in [0.05, 0.1) is 10.8 Å². The number of hydrogen-bond donors (Lipinski definition) is 1. The lowest BCUT2D eigenvalue weighted by atomic mass is 10.2. The molecule has 0 aliphatic carbocycles. The molecule has 0 atom stereocenters. The molecule has 2 aromatic rings. The maximum atomic E-state index is 12.1. The predicted molar refractivity (Wildman–Crippen MR) is 94.9 cm³/mol. The number of anilines is 1. The van der Waals surface area contributed by atoms with Gasteiger partial charge in [0.15, 0.2) is 23.0 Å². The molecule has 0 saturated heterocycles. The van der Waals surface area contributed by atoms with Crippen molar-refractivity contribution in [1.82, 2.24) is 0 Å². The zero-order chi connectivity index (χ0) is 17.2. The van der Waals surface area contributed by atoms with Crippen LogP contribution in [0.15, 0.2) is 30.3 Å². The van der Waals surface area contributed by atoms with Gasteiger partial charge in [-0.15, -0.1) is 11.8 Å². The van der Waals surface area contributed by atoms with Crippen LogP contribution in [0.5, 0.6) is 23.0 Å². The maximum absolute atomic E-state index is 12.1. The molecule has 4 rings (SSSR count). The Bertz CT molecular complexity index is 829. The molecular weight excluding hydrogens is 366 g/mol. The van der Waals surface area contributed by atoms with E-state index in [0.29, 0.717) is 45.2 Å². The van der Waals surface area contributed by atoms with Crippen molar-refractivity contribution in [2.45, 2.75) is 5.75 Å². The highest BCUT2D eigenvalue weighted by atomic mass is 35.5. The predicted octanol–water partition coefficient (Wildman–Crippen LogP) is 3.67. The second-order valence-electron chi connectivity index (χ2n) is 5.42. The van der Waals surface area contributed by atoms with Gasteiger partial charge in [-0.1, -0.05) is 11.6 Å². The molecule has 0 aromatic heterocycles. The SMILES string of the molecule is O=C(CSCc1cc(Cl)c2c(c1)OCO2)Nc1ccc2c(c1)OCO2. The molecule has 1 amide bonds. The number of carbonyl (C=O) groups excluding carboxylic acids is 1. The zero-order valence-electron chi connectivity index (χ0n) is 13.0. The zero-order valence-corrected chi connectivity index (χ0v) is 14.6. The minimum atomic E-state index is -0.0873. The van der Waals surface area contributed by atoms with Crippen LogP contribution < -0.4 is 24.3 Å². The Labute approximate surface area is 153 Å². The van der Waals surface area contributed by atoms with Gasteiger partial charge >= 0.3 is 0 Å². The van der Waals surface area contributed by atoms with E-state index < -0.39 is 0 Å². The van der Waals surface area contributed by atoms with E-state index in [0.717, 1.165) is 5.56 Å². The highest BCUT2D eigenvalue weighted by Gasteiger charge is 2.18. The van der Waals surface area contributed by atoms with Crippen LogP contribution in [0.3, 0.4) is 0 Å². The van der Waals surface area contributed by atoms with E-state index in [1.165, 1.54) is 11.8 Å². The first-order valence-electron chi connectivity index (χ1n) is 7.54. The summed E-state index contributed by atoms with van der Waals surface area (Å²) in [5, 5.41) is 3.37. The molecule has 0 spiro atoms. The standard InChI is InChI=1S/C17H14ClNO5S/c18-12-3-10(4-15-17(12)24-9-23-15)6-25-7-16(20)19-11-1-2-13-14(5-11)22-8-21-13/h1-5H,6-9H2,(H,19,20). The van der Waals surface area contributed by atoms with Crippen LogP contribution in [-0.2, 0) is 10.5 Å². The maximum Gasteiger partial charge on any atom is 0.234 e. The van der Waals surface area contributed by atoms with E-state index >= 15 is 0 Å². The summed E-state index contributed by atoms with van der Waals surface area (Å²) in [5.74, 6) is 3.43. The molecule has 25 heavy (non-hydrogen) atoms. The summed E-state index contributed by atoms with van der Waals surface area (Å²) in [6, 6.07) is 9.03. The Morgan fingerprint density at radius 3 is 2.76 bits per heavy atom.